The zero-order valence-electron chi connectivity index (χ0n) is 18.6. The van der Waals surface area contributed by atoms with E-state index >= 15 is 0 Å². The second-order valence-corrected chi connectivity index (χ2v) is 8.91. The van der Waals surface area contributed by atoms with E-state index in [1.54, 1.807) is 12.1 Å². The molecule has 0 atom stereocenters. The van der Waals surface area contributed by atoms with E-state index in [1.807, 2.05) is 53.1 Å². The molecule has 5 rings (SSSR count). The Morgan fingerprint density at radius 2 is 1.82 bits per heavy atom. The number of carbonyl (C=O) groups excluding carboxylic acids is 1. The lowest BCUT2D eigenvalue weighted by Gasteiger charge is -2.26. The minimum atomic E-state index is -0.349. The van der Waals surface area contributed by atoms with E-state index in [0.29, 0.717) is 18.3 Å². The molecule has 0 spiro atoms. The molecule has 3 heterocycles. The van der Waals surface area contributed by atoms with E-state index < -0.39 is 0 Å². The first-order valence-corrected chi connectivity index (χ1v) is 12.0. The number of imidazole rings is 1. The normalized spacial score (nSPS) is 14.4. The number of nitrogens with zero attached hydrogens (tertiary/aromatic N) is 3. The van der Waals surface area contributed by atoms with Gasteiger partial charge in [0.2, 0.25) is 5.95 Å². The number of aromatic nitrogens is 2. The molecule has 4 aromatic rings. The van der Waals surface area contributed by atoms with Crippen LogP contribution in [0.25, 0.3) is 11.0 Å². The van der Waals surface area contributed by atoms with Crippen LogP contribution in [0.15, 0.2) is 69.6 Å². The molecule has 34 heavy (non-hydrogen) atoms. The van der Waals surface area contributed by atoms with E-state index in [2.05, 4.69) is 31.1 Å². The Labute approximate surface area is 205 Å². The van der Waals surface area contributed by atoms with Crippen LogP contribution in [-0.4, -0.2) is 53.2 Å². The molecule has 2 aromatic carbocycles. The first-order chi connectivity index (χ1) is 16.7. The summed E-state index contributed by atoms with van der Waals surface area (Å²) in [6.07, 6.45) is 0. The number of hydrogen-bond donors (Lipinski definition) is 1. The van der Waals surface area contributed by atoms with Gasteiger partial charge in [-0.3, -0.25) is 15.0 Å². The van der Waals surface area contributed by atoms with Gasteiger partial charge in [-0.1, -0.05) is 28.1 Å². The summed E-state index contributed by atoms with van der Waals surface area (Å²) in [6.45, 7) is 5.11. The summed E-state index contributed by atoms with van der Waals surface area (Å²) in [5.41, 5.74) is 1.82. The average molecular weight is 525 g/mol. The predicted octanol–water partition coefficient (Wildman–Crippen LogP) is 4.56. The van der Waals surface area contributed by atoms with Crippen molar-refractivity contribution in [3.63, 3.8) is 0 Å². The van der Waals surface area contributed by atoms with Gasteiger partial charge in [-0.05, 0) is 48.5 Å². The van der Waals surface area contributed by atoms with Gasteiger partial charge in [0, 0.05) is 30.7 Å². The van der Waals surface area contributed by atoms with E-state index in [-0.39, 0.29) is 18.3 Å². The second-order valence-electron chi connectivity index (χ2n) is 7.99. The van der Waals surface area contributed by atoms with Crippen molar-refractivity contribution in [2.24, 2.45) is 0 Å². The number of para-hydroxylation sites is 2. The van der Waals surface area contributed by atoms with Gasteiger partial charge in [0.25, 0.3) is 5.91 Å². The van der Waals surface area contributed by atoms with Crippen molar-refractivity contribution in [3.8, 4) is 5.75 Å². The smallest absolute Gasteiger partial charge is 0.293 e. The zero-order valence-corrected chi connectivity index (χ0v) is 20.2. The van der Waals surface area contributed by atoms with E-state index in [9.17, 15) is 4.79 Å². The largest absolute Gasteiger partial charge is 0.486 e. The van der Waals surface area contributed by atoms with Gasteiger partial charge in [-0.2, -0.15) is 0 Å². The van der Waals surface area contributed by atoms with Crippen molar-refractivity contribution in [2.75, 3.05) is 38.2 Å². The highest BCUT2D eigenvalue weighted by molar-refractivity contribution is 9.10. The average Bonchev–Trinajstić information content (AvgIpc) is 3.48. The number of hydrogen-bond acceptors (Lipinski definition) is 6. The van der Waals surface area contributed by atoms with Crippen molar-refractivity contribution in [2.45, 2.75) is 13.2 Å². The third-order valence-electron chi connectivity index (χ3n) is 5.70. The minimum absolute atomic E-state index is 0.209. The molecule has 0 bridgehead atoms. The Morgan fingerprint density at radius 1 is 1.03 bits per heavy atom. The van der Waals surface area contributed by atoms with Crippen molar-refractivity contribution in [1.29, 1.82) is 0 Å². The molecule has 9 heteroatoms. The Morgan fingerprint density at radius 3 is 2.65 bits per heavy atom. The number of morpholine rings is 1. The molecule has 8 nitrogen and oxygen atoms in total. The summed E-state index contributed by atoms with van der Waals surface area (Å²) in [4.78, 5) is 19.9. The summed E-state index contributed by atoms with van der Waals surface area (Å²) in [5, 5.41) is 2.93. The van der Waals surface area contributed by atoms with E-state index in [0.717, 1.165) is 54.1 Å². The summed E-state index contributed by atoms with van der Waals surface area (Å²) in [5.74, 6) is 1.65. The maximum atomic E-state index is 12.9. The van der Waals surface area contributed by atoms with Crippen LogP contribution in [0, 0.1) is 0 Å². The number of ether oxygens (including phenoxy) is 2. The molecule has 1 fully saturated rings. The predicted molar refractivity (Wildman–Crippen MR) is 132 cm³/mol. The van der Waals surface area contributed by atoms with Crippen LogP contribution < -0.4 is 10.1 Å². The molecule has 1 amide bonds. The lowest BCUT2D eigenvalue weighted by atomic mass is 10.3. The number of benzene rings is 2. The van der Waals surface area contributed by atoms with Gasteiger partial charge < -0.3 is 18.5 Å². The van der Waals surface area contributed by atoms with Crippen LogP contribution in [-0.2, 0) is 17.9 Å². The Kier molecular flexibility index (Phi) is 6.94. The van der Waals surface area contributed by atoms with Crippen LogP contribution in [0.3, 0.4) is 0 Å². The lowest BCUT2D eigenvalue weighted by molar-refractivity contribution is 0.0366. The molecule has 0 unspecified atom stereocenters. The fourth-order valence-electron chi connectivity index (χ4n) is 3.89. The number of carbonyl (C=O) groups is 1. The summed E-state index contributed by atoms with van der Waals surface area (Å²) in [7, 11) is 0. The standard InChI is InChI=1S/C25H25BrN4O4/c26-18-5-7-19(8-6-18)33-17-20-9-10-23(34-20)24(31)28-25-27-21-3-1-2-4-22(21)30(25)12-11-29-13-15-32-16-14-29/h1-10H,11-17H2,(H,27,28,31). The van der Waals surface area contributed by atoms with Gasteiger partial charge in [0.05, 0.1) is 24.2 Å². The van der Waals surface area contributed by atoms with Crippen LogP contribution in [0.1, 0.15) is 16.3 Å². The third-order valence-corrected chi connectivity index (χ3v) is 6.23. The van der Waals surface area contributed by atoms with Crippen molar-refractivity contribution in [3.05, 3.63) is 76.7 Å². The fraction of sp³-hybridized carbons (Fsp3) is 0.280. The van der Waals surface area contributed by atoms with Crippen molar-refractivity contribution in [1.82, 2.24) is 14.5 Å². The molecule has 1 aliphatic rings. The molecule has 0 aliphatic carbocycles. The van der Waals surface area contributed by atoms with E-state index in [4.69, 9.17) is 13.9 Å². The van der Waals surface area contributed by atoms with Crippen molar-refractivity contribution >= 4 is 38.8 Å². The maximum absolute atomic E-state index is 12.9. The monoisotopic (exact) mass is 524 g/mol. The zero-order chi connectivity index (χ0) is 23.3. The number of halogens is 1. The molecular formula is C25H25BrN4O4. The molecule has 1 aliphatic heterocycles. The quantitative estimate of drug-likeness (QED) is 0.364. The summed E-state index contributed by atoms with van der Waals surface area (Å²) in [6, 6.07) is 18.8. The number of fused-ring (bicyclic) bond motifs is 1. The number of anilines is 1. The highest BCUT2D eigenvalue weighted by atomic mass is 79.9. The topological polar surface area (TPSA) is 81.8 Å². The van der Waals surface area contributed by atoms with Crippen molar-refractivity contribution < 1.29 is 18.7 Å². The number of rotatable bonds is 8. The summed E-state index contributed by atoms with van der Waals surface area (Å²) >= 11 is 3.40. The Hall–Kier alpha value is -3.14. The molecular weight excluding hydrogens is 500 g/mol. The number of furan rings is 1. The molecule has 1 saturated heterocycles. The highest BCUT2D eigenvalue weighted by Crippen LogP contribution is 2.22. The fourth-order valence-corrected chi connectivity index (χ4v) is 4.15. The van der Waals surface area contributed by atoms with Gasteiger partial charge in [-0.25, -0.2) is 4.98 Å². The first kappa shape index (κ1) is 22.6. The number of amides is 1. The molecule has 1 N–H and O–H groups in total. The van der Waals surface area contributed by atoms with Crippen LogP contribution in [0.4, 0.5) is 5.95 Å². The first-order valence-electron chi connectivity index (χ1n) is 11.2. The van der Waals surface area contributed by atoms with E-state index in [1.165, 1.54) is 0 Å². The SMILES string of the molecule is O=C(Nc1nc2ccccc2n1CCN1CCOCC1)c1ccc(COc2ccc(Br)cc2)o1. The van der Waals surface area contributed by atoms with Gasteiger partial charge in [0.1, 0.15) is 18.1 Å². The molecule has 176 valence electrons. The summed E-state index contributed by atoms with van der Waals surface area (Å²) < 4.78 is 19.9. The highest BCUT2D eigenvalue weighted by Gasteiger charge is 2.18. The third kappa shape index (κ3) is 5.32. The second kappa shape index (κ2) is 10.4. The Bertz CT molecular complexity index is 1260. The molecule has 0 radical (unpaired) electrons. The van der Waals surface area contributed by atoms with Gasteiger partial charge >= 0.3 is 0 Å². The Balaban J connectivity index is 1.27. The van der Waals surface area contributed by atoms with Gasteiger partial charge in [0.15, 0.2) is 5.76 Å². The maximum Gasteiger partial charge on any atom is 0.293 e. The van der Waals surface area contributed by atoms with Crippen LogP contribution in [0.2, 0.25) is 0 Å². The van der Waals surface area contributed by atoms with Gasteiger partial charge in [-0.15, -0.1) is 0 Å². The molecule has 0 saturated carbocycles. The molecule has 2 aromatic heterocycles. The minimum Gasteiger partial charge on any atom is -0.486 e. The van der Waals surface area contributed by atoms with Crippen LogP contribution >= 0.6 is 15.9 Å². The lowest BCUT2D eigenvalue weighted by Crippen LogP contribution is -2.38. The van der Waals surface area contributed by atoms with Crippen LogP contribution in [0.5, 0.6) is 5.75 Å². The number of nitrogens with one attached hydrogen (secondary N) is 1.